The van der Waals surface area contributed by atoms with E-state index >= 15 is 0 Å². The quantitative estimate of drug-likeness (QED) is 0.641. The molecule has 2 heterocycles. The van der Waals surface area contributed by atoms with Gasteiger partial charge in [0, 0.05) is 31.9 Å². The van der Waals surface area contributed by atoms with Crippen LogP contribution in [-0.4, -0.2) is 37.6 Å². The Morgan fingerprint density at radius 2 is 2.21 bits per heavy atom. The fraction of sp³-hybridized carbons (Fsp3) is 0.636. The number of hydrogen-bond donors (Lipinski definition) is 2. The van der Waals surface area contributed by atoms with Crippen molar-refractivity contribution in [2.75, 3.05) is 32.7 Å². The SMILES string of the molecule is CC1=C(N2CCCNCC2)C=CNC1. The third-order valence-electron chi connectivity index (χ3n) is 2.84. The standard InChI is InChI=1S/C11H19N3/c1-10-9-13-5-3-11(10)14-7-2-4-12-6-8-14/h3,5,12-13H,2,4,6-9H2,1H3. The van der Waals surface area contributed by atoms with E-state index < -0.39 is 0 Å². The second-order valence-electron chi connectivity index (χ2n) is 3.97. The molecule has 0 aromatic rings. The average Bonchev–Trinajstić information content (AvgIpc) is 2.47. The summed E-state index contributed by atoms with van der Waals surface area (Å²) in [5.41, 5.74) is 2.88. The van der Waals surface area contributed by atoms with Gasteiger partial charge in [0.05, 0.1) is 0 Å². The van der Waals surface area contributed by atoms with Crippen molar-refractivity contribution in [3.05, 3.63) is 23.5 Å². The molecule has 3 heteroatoms. The Morgan fingerprint density at radius 3 is 3.07 bits per heavy atom. The van der Waals surface area contributed by atoms with Crippen LogP contribution in [0.4, 0.5) is 0 Å². The lowest BCUT2D eigenvalue weighted by Gasteiger charge is -2.27. The second-order valence-corrected chi connectivity index (χ2v) is 3.97. The fourth-order valence-corrected chi connectivity index (χ4v) is 2.04. The highest BCUT2D eigenvalue weighted by Gasteiger charge is 2.13. The topological polar surface area (TPSA) is 27.3 Å². The van der Waals surface area contributed by atoms with Gasteiger partial charge in [-0.2, -0.15) is 0 Å². The monoisotopic (exact) mass is 193 g/mol. The maximum atomic E-state index is 3.43. The molecule has 14 heavy (non-hydrogen) atoms. The first-order chi connectivity index (χ1) is 6.88. The largest absolute Gasteiger partial charge is 0.387 e. The molecule has 1 saturated heterocycles. The van der Waals surface area contributed by atoms with Crippen LogP contribution in [0.1, 0.15) is 13.3 Å². The molecule has 0 aromatic heterocycles. The smallest absolute Gasteiger partial charge is 0.0387 e. The third kappa shape index (κ3) is 2.10. The summed E-state index contributed by atoms with van der Waals surface area (Å²) in [6.07, 6.45) is 5.50. The first kappa shape index (κ1) is 9.59. The summed E-state index contributed by atoms with van der Waals surface area (Å²) in [5.74, 6) is 0. The fourth-order valence-electron chi connectivity index (χ4n) is 2.04. The van der Waals surface area contributed by atoms with Gasteiger partial charge in [-0.05, 0) is 37.7 Å². The van der Waals surface area contributed by atoms with E-state index in [-0.39, 0.29) is 0 Å². The highest BCUT2D eigenvalue weighted by Crippen LogP contribution is 2.15. The molecular weight excluding hydrogens is 174 g/mol. The lowest BCUT2D eigenvalue weighted by Crippen LogP contribution is -2.30. The summed E-state index contributed by atoms with van der Waals surface area (Å²) in [5, 5.41) is 6.67. The summed E-state index contributed by atoms with van der Waals surface area (Å²) in [6.45, 7) is 7.80. The van der Waals surface area contributed by atoms with Gasteiger partial charge in [-0.25, -0.2) is 0 Å². The van der Waals surface area contributed by atoms with Gasteiger partial charge in [0.2, 0.25) is 0 Å². The predicted octanol–water partition coefficient (Wildman–Crippen LogP) is 0.673. The summed E-state index contributed by atoms with van der Waals surface area (Å²) >= 11 is 0. The normalized spacial score (nSPS) is 23.4. The van der Waals surface area contributed by atoms with E-state index in [2.05, 4.69) is 34.7 Å². The molecule has 0 bridgehead atoms. The maximum absolute atomic E-state index is 3.43. The Bertz CT molecular complexity index is 247. The molecule has 0 saturated carbocycles. The molecule has 3 nitrogen and oxygen atoms in total. The predicted molar refractivity (Wildman–Crippen MR) is 58.9 cm³/mol. The van der Waals surface area contributed by atoms with Crippen LogP contribution in [0.5, 0.6) is 0 Å². The minimum atomic E-state index is 0.996. The molecular formula is C11H19N3. The van der Waals surface area contributed by atoms with Crippen molar-refractivity contribution < 1.29 is 0 Å². The van der Waals surface area contributed by atoms with Crippen molar-refractivity contribution in [1.29, 1.82) is 0 Å². The molecule has 2 aliphatic heterocycles. The van der Waals surface area contributed by atoms with E-state index in [9.17, 15) is 0 Å². The van der Waals surface area contributed by atoms with Crippen LogP contribution in [0.25, 0.3) is 0 Å². The van der Waals surface area contributed by atoms with E-state index in [0.29, 0.717) is 0 Å². The number of allylic oxidation sites excluding steroid dienone is 1. The van der Waals surface area contributed by atoms with Gasteiger partial charge in [0.1, 0.15) is 0 Å². The summed E-state index contributed by atoms with van der Waals surface area (Å²) in [6, 6.07) is 0. The molecule has 0 unspecified atom stereocenters. The number of dihydropyridines is 1. The average molecular weight is 193 g/mol. The van der Waals surface area contributed by atoms with Crippen molar-refractivity contribution in [3.63, 3.8) is 0 Å². The molecule has 0 spiro atoms. The summed E-state index contributed by atoms with van der Waals surface area (Å²) < 4.78 is 0. The zero-order chi connectivity index (χ0) is 9.80. The number of nitrogens with one attached hydrogen (secondary N) is 2. The maximum Gasteiger partial charge on any atom is 0.0387 e. The minimum absolute atomic E-state index is 0.996. The highest BCUT2D eigenvalue weighted by atomic mass is 15.2. The third-order valence-corrected chi connectivity index (χ3v) is 2.84. The van der Waals surface area contributed by atoms with Gasteiger partial charge in [-0.1, -0.05) is 0 Å². The van der Waals surface area contributed by atoms with Gasteiger partial charge >= 0.3 is 0 Å². The molecule has 1 fully saturated rings. The first-order valence-corrected chi connectivity index (χ1v) is 5.43. The minimum Gasteiger partial charge on any atom is -0.387 e. The van der Waals surface area contributed by atoms with Crippen molar-refractivity contribution in [2.24, 2.45) is 0 Å². The van der Waals surface area contributed by atoms with E-state index in [4.69, 9.17) is 0 Å². The van der Waals surface area contributed by atoms with E-state index in [1.165, 1.54) is 24.2 Å². The van der Waals surface area contributed by atoms with E-state index in [1.807, 2.05) is 0 Å². The molecule has 0 amide bonds. The number of hydrogen-bond acceptors (Lipinski definition) is 3. The van der Waals surface area contributed by atoms with Crippen LogP contribution in [0, 0.1) is 0 Å². The van der Waals surface area contributed by atoms with Crippen molar-refractivity contribution >= 4 is 0 Å². The Hall–Kier alpha value is -0.960. The van der Waals surface area contributed by atoms with E-state index in [0.717, 1.165) is 26.2 Å². The molecule has 78 valence electrons. The molecule has 0 atom stereocenters. The highest BCUT2D eigenvalue weighted by molar-refractivity contribution is 5.27. The van der Waals surface area contributed by atoms with Crippen LogP contribution in [0.15, 0.2) is 23.5 Å². The van der Waals surface area contributed by atoms with Gasteiger partial charge in [0.15, 0.2) is 0 Å². The van der Waals surface area contributed by atoms with Crippen molar-refractivity contribution in [3.8, 4) is 0 Å². The van der Waals surface area contributed by atoms with Gasteiger partial charge in [0.25, 0.3) is 0 Å². The Balaban J connectivity index is 2.08. The van der Waals surface area contributed by atoms with Gasteiger partial charge in [-0.15, -0.1) is 0 Å². The Kier molecular flexibility index (Phi) is 3.09. The lowest BCUT2D eigenvalue weighted by atomic mass is 10.1. The molecule has 0 aromatic carbocycles. The van der Waals surface area contributed by atoms with Gasteiger partial charge < -0.3 is 15.5 Å². The number of nitrogens with zero attached hydrogens (tertiary/aromatic N) is 1. The summed E-state index contributed by atoms with van der Waals surface area (Å²) in [7, 11) is 0. The zero-order valence-corrected chi connectivity index (χ0v) is 8.84. The van der Waals surface area contributed by atoms with Crippen LogP contribution in [0.3, 0.4) is 0 Å². The van der Waals surface area contributed by atoms with E-state index in [1.54, 1.807) is 0 Å². The zero-order valence-electron chi connectivity index (χ0n) is 8.84. The van der Waals surface area contributed by atoms with Crippen molar-refractivity contribution in [2.45, 2.75) is 13.3 Å². The first-order valence-electron chi connectivity index (χ1n) is 5.43. The van der Waals surface area contributed by atoms with Crippen LogP contribution in [-0.2, 0) is 0 Å². The molecule has 2 rings (SSSR count). The Labute approximate surface area is 85.9 Å². The molecule has 0 radical (unpaired) electrons. The van der Waals surface area contributed by atoms with Crippen LogP contribution in [0.2, 0.25) is 0 Å². The Morgan fingerprint density at radius 1 is 1.29 bits per heavy atom. The van der Waals surface area contributed by atoms with Gasteiger partial charge in [-0.3, -0.25) is 0 Å². The molecule has 2 aliphatic rings. The van der Waals surface area contributed by atoms with Crippen LogP contribution >= 0.6 is 0 Å². The lowest BCUT2D eigenvalue weighted by molar-refractivity contribution is 0.372. The second kappa shape index (κ2) is 4.51. The van der Waals surface area contributed by atoms with Crippen molar-refractivity contribution in [1.82, 2.24) is 15.5 Å². The summed E-state index contributed by atoms with van der Waals surface area (Å²) in [4.78, 5) is 2.49. The number of rotatable bonds is 1. The molecule has 0 aliphatic carbocycles. The molecule has 2 N–H and O–H groups in total. The van der Waals surface area contributed by atoms with Crippen LogP contribution < -0.4 is 10.6 Å².